The minimum atomic E-state index is -0.234. The lowest BCUT2D eigenvalue weighted by molar-refractivity contribution is 0.102. The Morgan fingerprint density at radius 1 is 1.44 bits per heavy atom. The first-order valence-corrected chi connectivity index (χ1v) is 6.10. The molecule has 4 N–H and O–H groups in total. The van der Waals surface area contributed by atoms with Crippen LogP contribution in [0.25, 0.3) is 0 Å². The number of anilines is 2. The van der Waals surface area contributed by atoms with Gasteiger partial charge in [-0.1, -0.05) is 0 Å². The van der Waals surface area contributed by atoms with Gasteiger partial charge in [-0.3, -0.25) is 10.1 Å². The number of hydrogen-bond donors (Lipinski definition) is 3. The Kier molecular flexibility index (Phi) is 3.54. The molecule has 1 amide bonds. The quantitative estimate of drug-likeness (QED) is 0.579. The molecule has 6 nitrogen and oxygen atoms in total. The second-order valence-corrected chi connectivity index (χ2v) is 4.89. The number of rotatable bonds is 3. The number of amides is 1. The normalized spacial score (nSPS) is 10.2. The Morgan fingerprint density at radius 2 is 2.22 bits per heavy atom. The maximum Gasteiger partial charge on any atom is 0.257 e. The first kappa shape index (κ1) is 12.5. The van der Waals surface area contributed by atoms with Crippen molar-refractivity contribution in [2.75, 3.05) is 10.7 Å². The lowest BCUT2D eigenvalue weighted by atomic mass is 10.2. The van der Waals surface area contributed by atoms with E-state index in [1.54, 1.807) is 12.1 Å². The van der Waals surface area contributed by atoms with E-state index in [-0.39, 0.29) is 5.91 Å². The van der Waals surface area contributed by atoms with Crippen LogP contribution >= 0.6 is 11.3 Å². The first-order valence-electron chi connectivity index (χ1n) is 5.28. The number of aromatic nitrogens is 2. The van der Waals surface area contributed by atoms with Gasteiger partial charge in [-0.05, 0) is 26.0 Å². The summed E-state index contributed by atoms with van der Waals surface area (Å²) in [6, 6.07) is 3.19. The van der Waals surface area contributed by atoms with Crippen LogP contribution in [-0.2, 0) is 0 Å². The van der Waals surface area contributed by atoms with Crippen molar-refractivity contribution in [3.05, 3.63) is 34.5 Å². The molecule has 7 heteroatoms. The Morgan fingerprint density at radius 3 is 2.83 bits per heavy atom. The number of nitrogens with two attached hydrogens (primary N) is 1. The van der Waals surface area contributed by atoms with Gasteiger partial charge in [-0.15, -0.1) is 11.3 Å². The summed E-state index contributed by atoms with van der Waals surface area (Å²) in [5.41, 5.74) is 3.80. The van der Waals surface area contributed by atoms with E-state index in [1.807, 2.05) is 13.8 Å². The van der Waals surface area contributed by atoms with E-state index in [0.717, 1.165) is 10.6 Å². The topological polar surface area (TPSA) is 92.9 Å². The summed E-state index contributed by atoms with van der Waals surface area (Å²) >= 11 is 1.45. The highest BCUT2D eigenvalue weighted by Gasteiger charge is 2.10. The van der Waals surface area contributed by atoms with E-state index in [4.69, 9.17) is 5.84 Å². The zero-order valence-corrected chi connectivity index (χ0v) is 10.8. The fourth-order valence-electron chi connectivity index (χ4n) is 1.35. The number of nitrogens with one attached hydrogen (secondary N) is 2. The molecular weight excluding hydrogens is 250 g/mol. The highest BCUT2D eigenvalue weighted by Crippen LogP contribution is 2.21. The molecule has 2 aromatic heterocycles. The summed E-state index contributed by atoms with van der Waals surface area (Å²) in [6.45, 7) is 3.87. The van der Waals surface area contributed by atoms with Crippen molar-refractivity contribution in [1.82, 2.24) is 9.97 Å². The van der Waals surface area contributed by atoms with Crippen LogP contribution in [0.3, 0.4) is 0 Å². The lowest BCUT2D eigenvalue weighted by Crippen LogP contribution is -2.14. The number of carbonyl (C=O) groups excluding carboxylic acids is 1. The fourth-order valence-corrected chi connectivity index (χ4v) is 2.16. The SMILES string of the molecule is Cc1nc(NC(=O)c2ccnc(NN)c2)sc1C. The van der Waals surface area contributed by atoms with E-state index in [2.05, 4.69) is 20.7 Å². The first-order chi connectivity index (χ1) is 8.60. The third-order valence-electron chi connectivity index (χ3n) is 2.42. The predicted molar refractivity (Wildman–Crippen MR) is 71.6 cm³/mol. The van der Waals surface area contributed by atoms with E-state index in [0.29, 0.717) is 16.5 Å². The van der Waals surface area contributed by atoms with Crippen molar-refractivity contribution >= 4 is 28.2 Å². The third-order valence-corrected chi connectivity index (χ3v) is 3.41. The highest BCUT2D eigenvalue weighted by molar-refractivity contribution is 7.15. The van der Waals surface area contributed by atoms with E-state index in [1.165, 1.54) is 17.5 Å². The number of hydrogen-bond acceptors (Lipinski definition) is 6. The summed E-state index contributed by atoms with van der Waals surface area (Å²) in [6.07, 6.45) is 1.52. The Labute approximate surface area is 108 Å². The fraction of sp³-hybridized carbons (Fsp3) is 0.182. The molecule has 0 aliphatic heterocycles. The molecule has 2 rings (SSSR count). The van der Waals surface area contributed by atoms with Crippen molar-refractivity contribution in [1.29, 1.82) is 0 Å². The number of carbonyl (C=O) groups is 1. The average Bonchev–Trinajstić information content (AvgIpc) is 2.68. The van der Waals surface area contributed by atoms with Crippen molar-refractivity contribution < 1.29 is 4.79 Å². The molecule has 2 heterocycles. The molecule has 0 spiro atoms. The van der Waals surface area contributed by atoms with Gasteiger partial charge in [0, 0.05) is 16.6 Å². The zero-order valence-electron chi connectivity index (χ0n) is 10.0. The van der Waals surface area contributed by atoms with Crippen molar-refractivity contribution in [2.45, 2.75) is 13.8 Å². The highest BCUT2D eigenvalue weighted by atomic mass is 32.1. The molecular formula is C11H13N5OS. The largest absolute Gasteiger partial charge is 0.308 e. The summed E-state index contributed by atoms with van der Waals surface area (Å²) in [7, 11) is 0. The Bertz CT molecular complexity index is 561. The molecule has 94 valence electrons. The van der Waals surface area contributed by atoms with Gasteiger partial charge in [0.2, 0.25) is 0 Å². The van der Waals surface area contributed by atoms with E-state index in [9.17, 15) is 4.79 Å². The van der Waals surface area contributed by atoms with Gasteiger partial charge in [-0.25, -0.2) is 15.8 Å². The maximum atomic E-state index is 12.0. The van der Waals surface area contributed by atoms with Crippen molar-refractivity contribution in [3.63, 3.8) is 0 Å². The standard InChI is InChI=1S/C11H13N5OS/c1-6-7(2)18-11(14-6)15-10(17)8-3-4-13-9(5-8)16-12/h3-5H,12H2,1-2H3,(H,13,16)(H,14,15,17). The van der Waals surface area contributed by atoms with Crippen LogP contribution in [0.1, 0.15) is 20.9 Å². The molecule has 0 bridgehead atoms. The second-order valence-electron chi connectivity index (χ2n) is 3.69. The minimum absolute atomic E-state index is 0.234. The zero-order chi connectivity index (χ0) is 13.1. The van der Waals surface area contributed by atoms with Crippen LogP contribution in [0.4, 0.5) is 10.9 Å². The molecule has 0 atom stereocenters. The molecule has 0 radical (unpaired) electrons. The molecule has 0 fully saturated rings. The van der Waals surface area contributed by atoms with Crippen LogP contribution in [0.5, 0.6) is 0 Å². The molecule has 0 saturated carbocycles. The number of pyridine rings is 1. The lowest BCUT2D eigenvalue weighted by Gasteiger charge is -2.03. The van der Waals surface area contributed by atoms with Crippen molar-refractivity contribution in [3.8, 4) is 0 Å². The van der Waals surface area contributed by atoms with Crippen LogP contribution in [0, 0.1) is 13.8 Å². The summed E-state index contributed by atoms with van der Waals surface area (Å²) < 4.78 is 0. The molecule has 0 aromatic carbocycles. The molecule has 0 unspecified atom stereocenters. The van der Waals surface area contributed by atoms with Crippen LogP contribution < -0.4 is 16.6 Å². The number of nitrogens with zero attached hydrogens (tertiary/aromatic N) is 2. The Hall–Kier alpha value is -1.99. The smallest absolute Gasteiger partial charge is 0.257 e. The van der Waals surface area contributed by atoms with Gasteiger partial charge >= 0.3 is 0 Å². The third kappa shape index (κ3) is 2.63. The summed E-state index contributed by atoms with van der Waals surface area (Å²) in [5.74, 6) is 5.45. The molecule has 2 aromatic rings. The van der Waals surface area contributed by atoms with E-state index < -0.39 is 0 Å². The van der Waals surface area contributed by atoms with E-state index >= 15 is 0 Å². The second kappa shape index (κ2) is 5.11. The van der Waals surface area contributed by atoms with Gasteiger partial charge in [0.25, 0.3) is 5.91 Å². The van der Waals surface area contributed by atoms with Crippen LogP contribution in [0.15, 0.2) is 18.3 Å². The van der Waals surface area contributed by atoms with Gasteiger partial charge in [0.05, 0.1) is 5.69 Å². The summed E-state index contributed by atoms with van der Waals surface area (Å²) in [5, 5.41) is 3.34. The minimum Gasteiger partial charge on any atom is -0.308 e. The Balaban J connectivity index is 2.16. The number of aryl methyl sites for hydroxylation is 2. The van der Waals surface area contributed by atoms with Crippen LogP contribution in [0.2, 0.25) is 0 Å². The maximum absolute atomic E-state index is 12.0. The van der Waals surface area contributed by atoms with Gasteiger partial charge in [-0.2, -0.15) is 0 Å². The number of hydrazine groups is 1. The predicted octanol–water partition coefficient (Wildman–Crippen LogP) is 1.69. The summed E-state index contributed by atoms with van der Waals surface area (Å²) in [4.78, 5) is 21.2. The average molecular weight is 263 g/mol. The number of thiazole rings is 1. The molecule has 18 heavy (non-hydrogen) atoms. The van der Waals surface area contributed by atoms with Gasteiger partial charge in [0.15, 0.2) is 5.13 Å². The van der Waals surface area contributed by atoms with Gasteiger partial charge < -0.3 is 5.43 Å². The van der Waals surface area contributed by atoms with Crippen LogP contribution in [-0.4, -0.2) is 15.9 Å². The number of nitrogen functional groups attached to an aromatic ring is 1. The monoisotopic (exact) mass is 263 g/mol. The molecule has 0 aliphatic carbocycles. The molecule has 0 saturated heterocycles. The van der Waals surface area contributed by atoms with Crippen molar-refractivity contribution in [2.24, 2.45) is 5.84 Å². The van der Waals surface area contributed by atoms with Gasteiger partial charge in [0.1, 0.15) is 5.82 Å². The molecule has 0 aliphatic rings.